The van der Waals surface area contributed by atoms with Crippen molar-refractivity contribution in [3.05, 3.63) is 58.4 Å². The molecule has 0 saturated heterocycles. The average Bonchev–Trinajstić information content (AvgIpc) is 3.25. The molecule has 0 aliphatic rings. The number of para-hydroxylation sites is 1. The van der Waals surface area contributed by atoms with Gasteiger partial charge in [0.15, 0.2) is 5.16 Å². The van der Waals surface area contributed by atoms with Crippen LogP contribution in [0.25, 0.3) is 22.4 Å². The molecule has 0 saturated carbocycles. The van der Waals surface area contributed by atoms with Crippen molar-refractivity contribution in [2.45, 2.75) is 12.1 Å². The lowest BCUT2D eigenvalue weighted by Crippen LogP contribution is -2.31. The van der Waals surface area contributed by atoms with E-state index in [2.05, 4.69) is 20.3 Å². The number of hydrogen-bond donors (Lipinski definition) is 1. The second-order valence-electron chi connectivity index (χ2n) is 7.09. The SMILES string of the molecule is COC(=O)CNC(=O)CSc1nnc2n(-c3cc(C)ccc3OC)c(=O)c3ccccc3n12. The third-order valence-electron chi connectivity index (χ3n) is 4.96. The molecule has 0 fully saturated rings. The number of carbonyl (C=O) groups is 2. The van der Waals surface area contributed by atoms with Gasteiger partial charge in [-0.2, -0.15) is 0 Å². The Labute approximate surface area is 192 Å². The van der Waals surface area contributed by atoms with Crippen LogP contribution in [0.4, 0.5) is 0 Å². The maximum Gasteiger partial charge on any atom is 0.325 e. The van der Waals surface area contributed by atoms with Crippen LogP contribution < -0.4 is 15.6 Å². The number of amides is 1. The van der Waals surface area contributed by atoms with E-state index >= 15 is 0 Å². The smallest absolute Gasteiger partial charge is 0.325 e. The van der Waals surface area contributed by atoms with Crippen molar-refractivity contribution < 1.29 is 19.1 Å². The molecule has 0 radical (unpaired) electrons. The summed E-state index contributed by atoms with van der Waals surface area (Å²) >= 11 is 1.14. The Morgan fingerprint density at radius 2 is 1.91 bits per heavy atom. The lowest BCUT2D eigenvalue weighted by atomic mass is 10.2. The Bertz CT molecular complexity index is 1430. The summed E-state index contributed by atoms with van der Waals surface area (Å²) in [4.78, 5) is 36.9. The molecule has 1 N–H and O–H groups in total. The van der Waals surface area contributed by atoms with E-state index in [1.807, 2.05) is 25.1 Å². The van der Waals surface area contributed by atoms with Crippen molar-refractivity contribution in [1.82, 2.24) is 24.5 Å². The van der Waals surface area contributed by atoms with Crippen LogP contribution in [-0.2, 0) is 14.3 Å². The number of fused-ring (bicyclic) bond motifs is 3. The monoisotopic (exact) mass is 467 g/mol. The first-order valence-electron chi connectivity index (χ1n) is 9.94. The lowest BCUT2D eigenvalue weighted by molar-refractivity contribution is -0.140. The molecule has 170 valence electrons. The number of nitrogens with zero attached hydrogens (tertiary/aromatic N) is 4. The van der Waals surface area contributed by atoms with E-state index in [1.165, 1.54) is 18.8 Å². The van der Waals surface area contributed by atoms with Crippen LogP contribution in [0, 0.1) is 6.92 Å². The fraction of sp³-hybridized carbons (Fsp3) is 0.227. The molecule has 0 atom stereocenters. The number of ether oxygens (including phenoxy) is 2. The number of rotatable bonds is 7. The Hall–Kier alpha value is -3.86. The number of benzene rings is 2. The van der Waals surface area contributed by atoms with E-state index in [0.717, 1.165) is 17.3 Å². The number of nitrogens with one attached hydrogen (secondary N) is 1. The Kier molecular flexibility index (Phi) is 6.31. The zero-order chi connectivity index (χ0) is 23.5. The minimum absolute atomic E-state index is 0.000985. The van der Waals surface area contributed by atoms with Crippen LogP contribution >= 0.6 is 11.8 Å². The number of carbonyl (C=O) groups excluding carboxylic acids is 2. The van der Waals surface area contributed by atoms with E-state index < -0.39 is 5.97 Å². The van der Waals surface area contributed by atoms with Gasteiger partial charge in [0.05, 0.1) is 36.6 Å². The maximum absolute atomic E-state index is 13.5. The third kappa shape index (κ3) is 4.27. The van der Waals surface area contributed by atoms with E-state index in [9.17, 15) is 14.4 Å². The second kappa shape index (κ2) is 9.33. The Morgan fingerprint density at radius 3 is 2.67 bits per heavy atom. The van der Waals surface area contributed by atoms with Crippen LogP contribution in [0.2, 0.25) is 0 Å². The molecule has 0 bridgehead atoms. The minimum Gasteiger partial charge on any atom is -0.495 e. The van der Waals surface area contributed by atoms with Crippen LogP contribution in [0.1, 0.15) is 5.56 Å². The molecule has 0 aliphatic carbocycles. The Morgan fingerprint density at radius 1 is 1.12 bits per heavy atom. The zero-order valence-corrected chi connectivity index (χ0v) is 19.0. The summed E-state index contributed by atoms with van der Waals surface area (Å²) in [6, 6.07) is 12.7. The zero-order valence-electron chi connectivity index (χ0n) is 18.2. The van der Waals surface area contributed by atoms with Crippen molar-refractivity contribution >= 4 is 40.3 Å². The van der Waals surface area contributed by atoms with Crippen LogP contribution in [-0.4, -0.2) is 57.6 Å². The molecular weight excluding hydrogens is 446 g/mol. The largest absolute Gasteiger partial charge is 0.495 e. The van der Waals surface area contributed by atoms with Crippen LogP contribution in [0.15, 0.2) is 52.4 Å². The summed E-state index contributed by atoms with van der Waals surface area (Å²) in [5.74, 6) is -0.0956. The predicted molar refractivity (Wildman–Crippen MR) is 123 cm³/mol. The highest BCUT2D eigenvalue weighted by atomic mass is 32.2. The molecule has 11 heteroatoms. The molecule has 4 rings (SSSR count). The second-order valence-corrected chi connectivity index (χ2v) is 8.04. The molecule has 1 amide bonds. The van der Waals surface area contributed by atoms with Gasteiger partial charge >= 0.3 is 5.97 Å². The van der Waals surface area contributed by atoms with Gasteiger partial charge in [0.2, 0.25) is 11.7 Å². The highest BCUT2D eigenvalue weighted by Crippen LogP contribution is 2.27. The number of methoxy groups -OCH3 is 2. The fourth-order valence-corrected chi connectivity index (χ4v) is 4.16. The molecule has 10 nitrogen and oxygen atoms in total. The summed E-state index contributed by atoms with van der Waals surface area (Å²) in [5.41, 5.74) is 1.84. The first kappa shape index (κ1) is 22.3. The highest BCUT2D eigenvalue weighted by molar-refractivity contribution is 7.99. The van der Waals surface area contributed by atoms with Gasteiger partial charge in [-0.3, -0.25) is 18.8 Å². The van der Waals surface area contributed by atoms with Gasteiger partial charge < -0.3 is 14.8 Å². The first-order valence-corrected chi connectivity index (χ1v) is 10.9. The number of aryl methyl sites for hydroxylation is 1. The molecule has 33 heavy (non-hydrogen) atoms. The van der Waals surface area contributed by atoms with Crippen molar-refractivity contribution in [1.29, 1.82) is 0 Å². The molecule has 0 spiro atoms. The third-order valence-corrected chi connectivity index (χ3v) is 5.89. The van der Waals surface area contributed by atoms with E-state index in [-0.39, 0.29) is 23.8 Å². The predicted octanol–water partition coefficient (Wildman–Crippen LogP) is 1.73. The standard InChI is InChI=1S/C22H21N5O5S/c1-13-8-9-17(31-2)16(10-13)26-20(30)14-6-4-5-7-15(14)27-21(26)24-25-22(27)33-12-18(28)23-11-19(29)32-3/h4-10H,11-12H2,1-3H3,(H,23,28). The summed E-state index contributed by atoms with van der Waals surface area (Å²) in [6.45, 7) is 1.70. The average molecular weight is 468 g/mol. The topological polar surface area (TPSA) is 117 Å². The minimum atomic E-state index is -0.539. The molecule has 4 aromatic rings. The van der Waals surface area contributed by atoms with Crippen LogP contribution in [0.5, 0.6) is 5.75 Å². The van der Waals surface area contributed by atoms with Gasteiger partial charge in [0.1, 0.15) is 12.3 Å². The van der Waals surface area contributed by atoms with Gasteiger partial charge in [-0.1, -0.05) is 30.0 Å². The molecular formula is C22H21N5O5S. The van der Waals surface area contributed by atoms with E-state index in [1.54, 1.807) is 28.7 Å². The molecule has 2 aromatic carbocycles. The summed E-state index contributed by atoms with van der Waals surface area (Å²) in [7, 11) is 2.79. The molecule has 0 aliphatic heterocycles. The van der Waals surface area contributed by atoms with E-state index in [4.69, 9.17) is 4.74 Å². The quantitative estimate of drug-likeness (QED) is 0.323. The molecule has 0 unspecified atom stereocenters. The number of aromatic nitrogens is 4. The number of esters is 1. The van der Waals surface area contributed by atoms with Gasteiger partial charge in [0, 0.05) is 0 Å². The maximum atomic E-state index is 13.5. The van der Waals surface area contributed by atoms with E-state index in [0.29, 0.717) is 33.3 Å². The first-order chi connectivity index (χ1) is 15.9. The molecule has 2 heterocycles. The van der Waals surface area contributed by atoms with Gasteiger partial charge in [-0.25, -0.2) is 4.57 Å². The number of hydrogen-bond acceptors (Lipinski definition) is 8. The highest BCUT2D eigenvalue weighted by Gasteiger charge is 2.20. The van der Waals surface area contributed by atoms with Crippen molar-refractivity contribution in [2.24, 2.45) is 0 Å². The summed E-state index contributed by atoms with van der Waals surface area (Å²) < 4.78 is 13.2. The summed E-state index contributed by atoms with van der Waals surface area (Å²) in [5, 5.41) is 11.9. The normalized spacial score (nSPS) is 11.0. The van der Waals surface area contributed by atoms with Gasteiger partial charge in [-0.15, -0.1) is 10.2 Å². The summed E-state index contributed by atoms with van der Waals surface area (Å²) in [6.07, 6.45) is 0. The molecule has 2 aromatic heterocycles. The lowest BCUT2D eigenvalue weighted by Gasteiger charge is -2.14. The van der Waals surface area contributed by atoms with Gasteiger partial charge in [0.25, 0.3) is 5.56 Å². The fourth-order valence-electron chi connectivity index (χ4n) is 3.39. The number of thioether (sulfide) groups is 1. The van der Waals surface area contributed by atoms with Crippen molar-refractivity contribution in [3.63, 3.8) is 0 Å². The van der Waals surface area contributed by atoms with Crippen LogP contribution in [0.3, 0.4) is 0 Å². The van der Waals surface area contributed by atoms with Gasteiger partial charge in [-0.05, 0) is 36.8 Å². The van der Waals surface area contributed by atoms with Crippen molar-refractivity contribution in [2.75, 3.05) is 26.5 Å². The van der Waals surface area contributed by atoms with Crippen molar-refractivity contribution in [3.8, 4) is 11.4 Å². The Balaban J connectivity index is 1.83.